The van der Waals surface area contributed by atoms with Crippen LogP contribution in [0.2, 0.25) is 0 Å². The molecule has 0 unspecified atom stereocenters. The second-order valence-corrected chi connectivity index (χ2v) is 8.62. The molecule has 0 amide bonds. The fourth-order valence-corrected chi connectivity index (χ4v) is 3.96. The Hall–Kier alpha value is -1.85. The smallest absolute Gasteiger partial charge is 0.369 e. The Bertz CT molecular complexity index is 914. The summed E-state index contributed by atoms with van der Waals surface area (Å²) in [5, 5.41) is 0. The molecule has 0 aliphatic rings. The Labute approximate surface area is 176 Å². The molecule has 2 aromatic rings. The molecule has 1 aromatic carbocycles. The van der Waals surface area contributed by atoms with Crippen LogP contribution < -0.4 is 14.9 Å². The average molecular weight is 474 g/mol. The molecular weight excluding hydrogens is 454 g/mol. The van der Waals surface area contributed by atoms with E-state index in [1.165, 1.54) is 42.1 Å². The van der Waals surface area contributed by atoms with Gasteiger partial charge in [-0.15, -0.1) is 23.2 Å². The molecule has 7 nitrogen and oxygen atoms in total. The van der Waals surface area contributed by atoms with Gasteiger partial charge in [-0.1, -0.05) is 0 Å². The third-order valence-corrected chi connectivity index (χ3v) is 6.06. The largest absolute Gasteiger partial charge is 0.516 e. The van der Waals surface area contributed by atoms with Gasteiger partial charge < -0.3 is 15.2 Å². The lowest BCUT2D eigenvalue weighted by atomic mass is 10.2. The number of anilines is 3. The maximum Gasteiger partial charge on any atom is 0.516 e. The topological polar surface area (TPSA) is 84.5 Å². The number of hydrogen-bond donors (Lipinski definition) is 1. The molecule has 0 saturated carbocycles. The quantitative estimate of drug-likeness (QED) is 0.565. The van der Waals surface area contributed by atoms with E-state index in [1.54, 1.807) is 0 Å². The summed E-state index contributed by atoms with van der Waals surface area (Å²) < 4.78 is 65.8. The second-order valence-electron chi connectivity index (χ2n) is 6.01. The highest BCUT2D eigenvalue weighted by molar-refractivity contribution is 7.93. The zero-order chi connectivity index (χ0) is 21.8. The van der Waals surface area contributed by atoms with Crippen LogP contribution in [0.15, 0.2) is 30.5 Å². The van der Waals surface area contributed by atoms with Gasteiger partial charge in [0.25, 0.3) is 0 Å². The molecule has 162 valence electrons. The summed E-state index contributed by atoms with van der Waals surface area (Å²) in [5.41, 5.74) is 0.827. The zero-order valence-electron chi connectivity index (χ0n) is 15.4. The normalized spacial score (nSPS) is 12.2. The molecule has 1 aromatic heterocycles. The molecule has 0 radical (unpaired) electrons. The van der Waals surface area contributed by atoms with Gasteiger partial charge in [-0.2, -0.15) is 21.6 Å². The molecule has 0 aliphatic heterocycles. The summed E-state index contributed by atoms with van der Waals surface area (Å²) in [7, 11) is -4.17. The third-order valence-electron chi connectivity index (χ3n) is 4.22. The first-order valence-corrected chi connectivity index (χ1v) is 10.9. The molecule has 0 aliphatic carbocycles. The van der Waals surface area contributed by atoms with Crippen molar-refractivity contribution >= 4 is 50.5 Å². The second kappa shape index (κ2) is 9.31. The van der Waals surface area contributed by atoms with Crippen LogP contribution in [0.5, 0.6) is 0 Å². The van der Waals surface area contributed by atoms with Crippen LogP contribution >= 0.6 is 23.2 Å². The number of alkyl halides is 5. The van der Waals surface area contributed by atoms with Crippen molar-refractivity contribution in [1.82, 2.24) is 9.55 Å². The lowest BCUT2D eigenvalue weighted by Gasteiger charge is -2.27. The monoisotopic (exact) mass is 473 g/mol. The van der Waals surface area contributed by atoms with Crippen LogP contribution in [0.25, 0.3) is 0 Å². The number of halogens is 5. The Balaban J connectivity index is 2.44. The average Bonchev–Trinajstić information content (AvgIpc) is 2.97. The fourth-order valence-electron chi connectivity index (χ4n) is 2.60. The number of sulfonamides is 1. The first-order chi connectivity index (χ1) is 13.5. The van der Waals surface area contributed by atoms with Crippen molar-refractivity contribution in [2.75, 3.05) is 39.8 Å². The van der Waals surface area contributed by atoms with Gasteiger partial charge in [0.1, 0.15) is 0 Å². The molecule has 0 atom stereocenters. The van der Waals surface area contributed by atoms with Crippen molar-refractivity contribution in [1.29, 1.82) is 0 Å². The van der Waals surface area contributed by atoms with Crippen LogP contribution in [-0.4, -0.2) is 48.3 Å². The van der Waals surface area contributed by atoms with Crippen molar-refractivity contribution in [2.45, 2.75) is 12.1 Å². The van der Waals surface area contributed by atoms with E-state index in [0.717, 1.165) is 0 Å². The lowest BCUT2D eigenvalue weighted by molar-refractivity contribution is -0.0438. The SMILES string of the molecule is Cn1c(CN(c2ccc(N(CCCl)CCCl)cc2)S(=O)(=O)C(F)(F)F)cnc1N. The molecule has 0 spiro atoms. The molecule has 13 heteroatoms. The number of nitrogen functional groups attached to an aromatic ring is 1. The summed E-state index contributed by atoms with van der Waals surface area (Å²) in [6, 6.07) is 5.64. The van der Waals surface area contributed by atoms with E-state index in [1.807, 2.05) is 4.90 Å². The Morgan fingerprint density at radius 1 is 1.10 bits per heavy atom. The maximum atomic E-state index is 13.3. The van der Waals surface area contributed by atoms with Crippen molar-refractivity contribution < 1.29 is 21.6 Å². The highest BCUT2D eigenvalue weighted by Crippen LogP contribution is 2.33. The third kappa shape index (κ3) is 5.20. The number of nitrogens with two attached hydrogens (primary N) is 1. The number of rotatable bonds is 9. The number of aromatic nitrogens is 2. The van der Waals surface area contributed by atoms with Gasteiger partial charge in [0.2, 0.25) is 0 Å². The summed E-state index contributed by atoms with van der Waals surface area (Å²) in [5.74, 6) is 0.710. The van der Waals surface area contributed by atoms with Crippen molar-refractivity contribution in [2.24, 2.45) is 7.05 Å². The molecular formula is C16H20Cl2F3N5O2S. The van der Waals surface area contributed by atoms with Gasteiger partial charge in [-0.3, -0.25) is 4.31 Å². The summed E-state index contributed by atoms with van der Waals surface area (Å²) in [6.45, 7) is 0.369. The van der Waals surface area contributed by atoms with Gasteiger partial charge in [0.15, 0.2) is 5.95 Å². The number of benzene rings is 1. The van der Waals surface area contributed by atoms with Gasteiger partial charge >= 0.3 is 15.5 Å². The zero-order valence-corrected chi connectivity index (χ0v) is 17.7. The first-order valence-electron chi connectivity index (χ1n) is 8.35. The van der Waals surface area contributed by atoms with E-state index in [4.69, 9.17) is 28.9 Å². The minimum absolute atomic E-state index is 0.0532. The maximum absolute atomic E-state index is 13.3. The summed E-state index contributed by atoms with van der Waals surface area (Å²) >= 11 is 11.5. The van der Waals surface area contributed by atoms with E-state index < -0.39 is 22.1 Å². The minimum Gasteiger partial charge on any atom is -0.369 e. The Morgan fingerprint density at radius 2 is 1.62 bits per heavy atom. The van der Waals surface area contributed by atoms with Gasteiger partial charge in [-0.25, -0.2) is 4.98 Å². The molecule has 2 N–H and O–H groups in total. The Kier molecular flexibility index (Phi) is 7.52. The first kappa shape index (κ1) is 23.4. The molecule has 1 heterocycles. The minimum atomic E-state index is -5.66. The van der Waals surface area contributed by atoms with E-state index in [9.17, 15) is 21.6 Å². The van der Waals surface area contributed by atoms with Crippen LogP contribution in [0.1, 0.15) is 5.69 Å². The van der Waals surface area contributed by atoms with Gasteiger partial charge in [-0.05, 0) is 24.3 Å². The van der Waals surface area contributed by atoms with Crippen LogP contribution in [-0.2, 0) is 23.6 Å². The highest BCUT2D eigenvalue weighted by Gasteiger charge is 2.50. The van der Waals surface area contributed by atoms with Gasteiger partial charge in [0.05, 0.1) is 24.1 Å². The molecule has 0 bridgehead atoms. The Morgan fingerprint density at radius 3 is 2.03 bits per heavy atom. The van der Waals surface area contributed by atoms with E-state index in [2.05, 4.69) is 4.98 Å². The highest BCUT2D eigenvalue weighted by atomic mass is 35.5. The van der Waals surface area contributed by atoms with Crippen molar-refractivity contribution in [3.05, 3.63) is 36.2 Å². The van der Waals surface area contributed by atoms with Gasteiger partial charge in [0, 0.05) is 37.6 Å². The number of imidazole rings is 1. The van der Waals surface area contributed by atoms with E-state index >= 15 is 0 Å². The van der Waals surface area contributed by atoms with Crippen LogP contribution in [0, 0.1) is 0 Å². The van der Waals surface area contributed by atoms with E-state index in [-0.39, 0.29) is 21.6 Å². The lowest BCUT2D eigenvalue weighted by Crippen LogP contribution is -2.40. The molecule has 0 saturated heterocycles. The number of nitrogens with zero attached hydrogens (tertiary/aromatic N) is 4. The summed E-state index contributed by atoms with van der Waals surface area (Å²) in [6.07, 6.45) is 1.23. The summed E-state index contributed by atoms with van der Waals surface area (Å²) in [4.78, 5) is 5.63. The molecule has 29 heavy (non-hydrogen) atoms. The fraction of sp³-hybridized carbons (Fsp3) is 0.438. The van der Waals surface area contributed by atoms with Crippen LogP contribution in [0.4, 0.5) is 30.5 Å². The van der Waals surface area contributed by atoms with Crippen molar-refractivity contribution in [3.8, 4) is 0 Å². The number of hydrogen-bond acceptors (Lipinski definition) is 5. The standard InChI is InChI=1S/C16H20Cl2F3N5O2S/c1-24-14(10-23-15(24)22)11-26(29(27,28)16(19,20)21)13-4-2-12(3-5-13)25(8-6-17)9-7-18/h2-5,10H,6-9,11H2,1H3,(H2,22,23). The molecule has 0 fully saturated rings. The predicted molar refractivity (Wildman–Crippen MR) is 109 cm³/mol. The predicted octanol–water partition coefficient (Wildman–Crippen LogP) is 3.14. The van der Waals surface area contributed by atoms with Crippen molar-refractivity contribution in [3.63, 3.8) is 0 Å². The van der Waals surface area contributed by atoms with E-state index in [0.29, 0.717) is 30.5 Å². The molecule has 2 rings (SSSR count). The van der Waals surface area contributed by atoms with Crippen LogP contribution in [0.3, 0.4) is 0 Å².